The predicted octanol–water partition coefficient (Wildman–Crippen LogP) is 2.24. The first-order valence-corrected chi connectivity index (χ1v) is 8.80. The summed E-state index contributed by atoms with van der Waals surface area (Å²) < 4.78 is 12.2. The highest BCUT2D eigenvalue weighted by molar-refractivity contribution is 6.30. The van der Waals surface area contributed by atoms with E-state index in [1.807, 2.05) is 12.1 Å². The molecule has 0 aliphatic carbocycles. The van der Waals surface area contributed by atoms with Crippen molar-refractivity contribution >= 4 is 23.2 Å². The minimum Gasteiger partial charge on any atom is -0.495 e. The van der Waals surface area contributed by atoms with Crippen molar-refractivity contribution in [3.05, 3.63) is 40.7 Å². The van der Waals surface area contributed by atoms with E-state index >= 15 is 0 Å². The number of hydrogen-bond acceptors (Lipinski definition) is 5. The van der Waals surface area contributed by atoms with Crippen molar-refractivity contribution in [3.8, 4) is 5.75 Å². The maximum atomic E-state index is 12.6. The second-order valence-electron chi connectivity index (χ2n) is 6.32. The molecular formula is C18H23ClN4O3. The van der Waals surface area contributed by atoms with Crippen molar-refractivity contribution in [3.63, 3.8) is 0 Å². The molecule has 0 spiro atoms. The molecule has 1 aliphatic rings. The number of hydrogen-bond donors (Lipinski definition) is 1. The number of aromatic nitrogens is 2. The molecule has 2 aromatic rings. The zero-order chi connectivity index (χ0) is 18.7. The Labute approximate surface area is 157 Å². The lowest BCUT2D eigenvalue weighted by Gasteiger charge is -2.21. The molecule has 3 rings (SSSR count). The van der Waals surface area contributed by atoms with Gasteiger partial charge in [-0.15, -0.1) is 0 Å². The van der Waals surface area contributed by atoms with Gasteiger partial charge < -0.3 is 19.7 Å². The molecule has 1 fully saturated rings. The molecule has 1 aromatic heterocycles. The normalized spacial score (nSPS) is 16.8. The SMILES string of the molecule is COCc1nn(C)cc1C(=O)N[C@H]1CCN(c2cc(Cl)ccc2OC)C1. The molecule has 0 bridgehead atoms. The van der Waals surface area contributed by atoms with Gasteiger partial charge in [-0.05, 0) is 24.6 Å². The summed E-state index contributed by atoms with van der Waals surface area (Å²) in [4.78, 5) is 14.8. The summed E-state index contributed by atoms with van der Waals surface area (Å²) in [5, 5.41) is 8.04. The van der Waals surface area contributed by atoms with Crippen LogP contribution in [0.1, 0.15) is 22.5 Å². The average Bonchev–Trinajstić information content (AvgIpc) is 3.22. The third kappa shape index (κ3) is 3.94. The number of carbonyl (C=O) groups excluding carboxylic acids is 1. The smallest absolute Gasteiger partial charge is 0.255 e. The van der Waals surface area contributed by atoms with Crippen LogP contribution in [0.25, 0.3) is 0 Å². The molecular weight excluding hydrogens is 356 g/mol. The van der Waals surface area contributed by atoms with Crippen LogP contribution >= 0.6 is 11.6 Å². The van der Waals surface area contributed by atoms with Gasteiger partial charge in [0.1, 0.15) is 11.4 Å². The van der Waals surface area contributed by atoms with E-state index in [2.05, 4.69) is 15.3 Å². The number of anilines is 1. The van der Waals surface area contributed by atoms with E-state index in [-0.39, 0.29) is 11.9 Å². The molecule has 0 radical (unpaired) electrons. The molecule has 140 valence electrons. The van der Waals surface area contributed by atoms with Gasteiger partial charge in [-0.1, -0.05) is 11.6 Å². The molecule has 7 nitrogen and oxygen atoms in total. The molecule has 1 atom stereocenters. The number of methoxy groups -OCH3 is 2. The lowest BCUT2D eigenvalue weighted by atomic mass is 10.2. The Balaban J connectivity index is 1.68. The van der Waals surface area contributed by atoms with Crippen molar-refractivity contribution in [1.29, 1.82) is 0 Å². The number of nitrogens with zero attached hydrogens (tertiary/aromatic N) is 3. The van der Waals surface area contributed by atoms with E-state index in [9.17, 15) is 4.79 Å². The lowest BCUT2D eigenvalue weighted by molar-refractivity contribution is 0.0935. The van der Waals surface area contributed by atoms with Gasteiger partial charge in [-0.2, -0.15) is 5.10 Å². The van der Waals surface area contributed by atoms with Crippen LogP contribution in [-0.2, 0) is 18.4 Å². The Morgan fingerprint density at radius 3 is 2.96 bits per heavy atom. The molecule has 8 heteroatoms. The average molecular weight is 379 g/mol. The Hall–Kier alpha value is -2.25. The summed E-state index contributed by atoms with van der Waals surface area (Å²) in [6, 6.07) is 5.60. The van der Waals surface area contributed by atoms with Gasteiger partial charge in [0.15, 0.2) is 0 Å². The van der Waals surface area contributed by atoms with Crippen LogP contribution in [0.5, 0.6) is 5.75 Å². The molecule has 1 amide bonds. The van der Waals surface area contributed by atoms with Crippen LogP contribution in [0.2, 0.25) is 5.02 Å². The van der Waals surface area contributed by atoms with E-state index in [1.54, 1.807) is 38.2 Å². The van der Waals surface area contributed by atoms with Crippen molar-refractivity contribution < 1.29 is 14.3 Å². The monoisotopic (exact) mass is 378 g/mol. The fourth-order valence-electron chi connectivity index (χ4n) is 3.24. The maximum absolute atomic E-state index is 12.6. The third-order valence-electron chi connectivity index (χ3n) is 4.44. The minimum atomic E-state index is -0.130. The van der Waals surface area contributed by atoms with E-state index in [0.29, 0.717) is 29.4 Å². The molecule has 2 heterocycles. The third-order valence-corrected chi connectivity index (χ3v) is 4.67. The first kappa shape index (κ1) is 18.5. The van der Waals surface area contributed by atoms with Crippen LogP contribution in [0, 0.1) is 0 Å². The fraction of sp³-hybridized carbons (Fsp3) is 0.444. The van der Waals surface area contributed by atoms with E-state index < -0.39 is 0 Å². The molecule has 0 saturated carbocycles. The number of halogens is 1. The standard InChI is InChI=1S/C18H23ClN4O3/c1-22-10-14(15(21-22)11-25-2)18(24)20-13-6-7-23(9-13)16-8-12(19)4-5-17(16)26-3/h4-5,8,10,13H,6-7,9,11H2,1-3H3,(H,20,24)/t13-/m0/s1. The lowest BCUT2D eigenvalue weighted by Crippen LogP contribution is -2.37. The highest BCUT2D eigenvalue weighted by atomic mass is 35.5. The van der Waals surface area contributed by atoms with Gasteiger partial charge in [0.05, 0.1) is 25.0 Å². The summed E-state index contributed by atoms with van der Waals surface area (Å²) in [6.07, 6.45) is 2.57. The summed E-state index contributed by atoms with van der Waals surface area (Å²) in [5.74, 6) is 0.645. The highest BCUT2D eigenvalue weighted by Crippen LogP contribution is 2.33. The predicted molar refractivity (Wildman–Crippen MR) is 100 cm³/mol. The molecule has 1 N–H and O–H groups in total. The Morgan fingerprint density at radius 2 is 2.23 bits per heavy atom. The van der Waals surface area contributed by atoms with E-state index in [4.69, 9.17) is 21.1 Å². The van der Waals surface area contributed by atoms with E-state index in [1.165, 1.54) is 0 Å². The Kier molecular flexibility index (Phi) is 5.68. The van der Waals surface area contributed by atoms with E-state index in [0.717, 1.165) is 24.4 Å². The fourth-order valence-corrected chi connectivity index (χ4v) is 3.40. The highest BCUT2D eigenvalue weighted by Gasteiger charge is 2.27. The summed E-state index contributed by atoms with van der Waals surface area (Å²) >= 11 is 6.13. The van der Waals surface area contributed by atoms with Crippen molar-refractivity contribution in [2.24, 2.45) is 7.05 Å². The molecule has 1 saturated heterocycles. The maximum Gasteiger partial charge on any atom is 0.255 e. The van der Waals surface area contributed by atoms with Gasteiger partial charge in [0.25, 0.3) is 5.91 Å². The van der Waals surface area contributed by atoms with Gasteiger partial charge in [0.2, 0.25) is 0 Å². The van der Waals surface area contributed by atoms with Crippen molar-refractivity contribution in [2.75, 3.05) is 32.2 Å². The Morgan fingerprint density at radius 1 is 1.42 bits per heavy atom. The second-order valence-corrected chi connectivity index (χ2v) is 6.75. The molecule has 1 aromatic carbocycles. The second kappa shape index (κ2) is 7.97. The zero-order valence-electron chi connectivity index (χ0n) is 15.2. The van der Waals surface area contributed by atoms with Crippen LogP contribution in [0.3, 0.4) is 0 Å². The first-order chi connectivity index (χ1) is 12.5. The number of amides is 1. The summed E-state index contributed by atoms with van der Waals surface area (Å²) in [7, 11) is 5.02. The number of rotatable bonds is 6. The topological polar surface area (TPSA) is 68.6 Å². The summed E-state index contributed by atoms with van der Waals surface area (Å²) in [5.41, 5.74) is 2.13. The van der Waals surface area contributed by atoms with Gasteiger partial charge >= 0.3 is 0 Å². The zero-order valence-corrected chi connectivity index (χ0v) is 15.9. The van der Waals surface area contributed by atoms with Crippen LogP contribution in [-0.4, -0.2) is 49.0 Å². The minimum absolute atomic E-state index is 0.0433. The van der Waals surface area contributed by atoms with Gasteiger partial charge in [-0.25, -0.2) is 0 Å². The van der Waals surface area contributed by atoms with Gasteiger partial charge in [0, 0.05) is 44.5 Å². The largest absolute Gasteiger partial charge is 0.495 e. The number of carbonyl (C=O) groups is 1. The molecule has 1 aliphatic heterocycles. The number of nitrogens with one attached hydrogen (secondary N) is 1. The summed E-state index contributed by atoms with van der Waals surface area (Å²) in [6.45, 7) is 1.82. The van der Waals surface area contributed by atoms with Gasteiger partial charge in [-0.3, -0.25) is 9.48 Å². The van der Waals surface area contributed by atoms with Crippen LogP contribution < -0.4 is 15.0 Å². The van der Waals surface area contributed by atoms with Crippen molar-refractivity contribution in [2.45, 2.75) is 19.1 Å². The number of ether oxygens (including phenoxy) is 2. The van der Waals surface area contributed by atoms with Crippen LogP contribution in [0.15, 0.2) is 24.4 Å². The first-order valence-electron chi connectivity index (χ1n) is 8.42. The molecule has 0 unspecified atom stereocenters. The number of benzene rings is 1. The van der Waals surface area contributed by atoms with Crippen LogP contribution in [0.4, 0.5) is 5.69 Å². The Bertz CT molecular complexity index is 793. The van der Waals surface area contributed by atoms with Crippen molar-refractivity contribution in [1.82, 2.24) is 15.1 Å². The molecule has 26 heavy (non-hydrogen) atoms. The number of aryl methyl sites for hydroxylation is 1. The quantitative estimate of drug-likeness (QED) is 0.834.